The highest BCUT2D eigenvalue weighted by Crippen LogP contribution is 1.90. The third kappa shape index (κ3) is 5.63. The number of hydrogen-bond acceptors (Lipinski definition) is 6. The minimum atomic E-state index is -2.11. The van der Waals surface area contributed by atoms with Crippen molar-refractivity contribution in [2.75, 3.05) is 6.79 Å². The first-order valence-electron chi connectivity index (χ1n) is 2.09. The van der Waals surface area contributed by atoms with Gasteiger partial charge >= 0.3 is 0 Å². The first kappa shape index (κ1) is 8.76. The molecule has 0 amide bonds. The van der Waals surface area contributed by atoms with E-state index in [2.05, 4.69) is 9.47 Å². The number of hydrogen-bond donors (Lipinski definition) is 4. The van der Waals surface area contributed by atoms with Crippen LogP contribution in [0.4, 0.5) is 0 Å². The van der Waals surface area contributed by atoms with Crippen LogP contribution < -0.4 is 0 Å². The van der Waals surface area contributed by atoms with Crippen molar-refractivity contribution in [1.29, 1.82) is 0 Å². The molecule has 0 aromatic heterocycles. The Balaban J connectivity index is 3.15. The van der Waals surface area contributed by atoms with Crippen LogP contribution >= 0.6 is 0 Å². The normalized spacial score (nSPS) is 14.3. The van der Waals surface area contributed by atoms with Gasteiger partial charge in [-0.3, -0.25) is 4.74 Å². The van der Waals surface area contributed by atoms with Crippen molar-refractivity contribution < 1.29 is 29.9 Å². The second kappa shape index (κ2) is 4.62. The van der Waals surface area contributed by atoms with Gasteiger partial charge in [0.05, 0.1) is 0 Å². The van der Waals surface area contributed by atoms with Crippen molar-refractivity contribution in [3.05, 3.63) is 0 Å². The molecule has 1 atom stereocenters. The maximum absolute atomic E-state index is 8.30. The van der Waals surface area contributed by atoms with Crippen molar-refractivity contribution in [3.63, 3.8) is 0 Å². The predicted octanol–water partition coefficient (Wildman–Crippen LogP) is -2.49. The van der Waals surface area contributed by atoms with Gasteiger partial charge in [-0.05, 0) is 0 Å². The molecule has 0 fully saturated rings. The second-order valence-electron chi connectivity index (χ2n) is 1.07. The molecule has 9 heavy (non-hydrogen) atoms. The van der Waals surface area contributed by atoms with Crippen LogP contribution in [0.3, 0.4) is 0 Å². The molecule has 0 aromatic rings. The Kier molecular flexibility index (Phi) is 4.50. The fourth-order valence-corrected chi connectivity index (χ4v) is 0.207. The predicted molar refractivity (Wildman–Crippen MR) is 23.5 cm³/mol. The zero-order chi connectivity index (χ0) is 7.28. The molecule has 0 aliphatic heterocycles. The largest absolute Gasteiger partial charge is 0.370 e. The third-order valence-electron chi connectivity index (χ3n) is 0.455. The smallest absolute Gasteiger partial charge is 0.275 e. The highest BCUT2D eigenvalue weighted by molar-refractivity contribution is 4.11. The topological polar surface area (TPSA) is 99.4 Å². The summed E-state index contributed by atoms with van der Waals surface area (Å²) >= 11 is 0. The number of ether oxygens (including phenoxy) is 2. The fourth-order valence-electron chi connectivity index (χ4n) is 0.207. The van der Waals surface area contributed by atoms with Gasteiger partial charge in [0, 0.05) is 0 Å². The van der Waals surface area contributed by atoms with Gasteiger partial charge in [0.2, 0.25) is 0 Å². The summed E-state index contributed by atoms with van der Waals surface area (Å²) < 4.78 is 7.70. The number of aliphatic hydroxyl groups excluding tert-OH is 3. The lowest BCUT2D eigenvalue weighted by Crippen LogP contribution is -2.23. The lowest BCUT2D eigenvalue weighted by Gasteiger charge is -2.10. The molecular formula is C3H8O6. The molecule has 0 radical (unpaired) electrons. The SMILES string of the molecule is OCOC(O)OC(O)O. The molecule has 0 saturated carbocycles. The van der Waals surface area contributed by atoms with Crippen LogP contribution in [-0.4, -0.2) is 40.2 Å². The Labute approximate surface area is 50.9 Å². The van der Waals surface area contributed by atoms with Crippen molar-refractivity contribution in [1.82, 2.24) is 0 Å². The maximum atomic E-state index is 8.30. The zero-order valence-electron chi connectivity index (χ0n) is 4.47. The zero-order valence-corrected chi connectivity index (χ0v) is 4.47. The lowest BCUT2D eigenvalue weighted by atomic mass is 11.1. The van der Waals surface area contributed by atoms with E-state index in [4.69, 9.17) is 20.4 Å². The lowest BCUT2D eigenvalue weighted by molar-refractivity contribution is -0.375. The van der Waals surface area contributed by atoms with Crippen LogP contribution in [0.2, 0.25) is 0 Å². The summed E-state index contributed by atoms with van der Waals surface area (Å²) in [5.41, 5.74) is 0. The van der Waals surface area contributed by atoms with Crippen LogP contribution in [0.25, 0.3) is 0 Å². The summed E-state index contributed by atoms with van der Waals surface area (Å²) in [5.74, 6) is 0. The van der Waals surface area contributed by atoms with E-state index in [1.807, 2.05) is 0 Å². The van der Waals surface area contributed by atoms with Crippen LogP contribution in [0.15, 0.2) is 0 Å². The van der Waals surface area contributed by atoms with Crippen molar-refractivity contribution in [2.24, 2.45) is 0 Å². The van der Waals surface area contributed by atoms with Crippen LogP contribution in [0.1, 0.15) is 0 Å². The van der Waals surface area contributed by atoms with E-state index in [1.165, 1.54) is 0 Å². The molecule has 0 aliphatic carbocycles. The van der Waals surface area contributed by atoms with E-state index in [1.54, 1.807) is 0 Å². The Morgan fingerprint density at radius 2 is 1.78 bits per heavy atom. The number of aliphatic hydroxyl groups is 4. The summed E-state index contributed by atoms with van der Waals surface area (Å²) in [6.07, 6.45) is 0. The molecule has 56 valence electrons. The first-order chi connectivity index (χ1) is 4.16. The summed E-state index contributed by atoms with van der Waals surface area (Å²) in [6, 6.07) is 0. The van der Waals surface area contributed by atoms with Crippen molar-refractivity contribution in [2.45, 2.75) is 13.0 Å². The van der Waals surface area contributed by atoms with Crippen molar-refractivity contribution in [3.8, 4) is 0 Å². The van der Waals surface area contributed by atoms with Gasteiger partial charge in [-0.25, -0.2) is 0 Å². The van der Waals surface area contributed by atoms with E-state index >= 15 is 0 Å². The van der Waals surface area contributed by atoms with Gasteiger partial charge in [-0.1, -0.05) is 0 Å². The Morgan fingerprint density at radius 1 is 1.22 bits per heavy atom. The summed E-state index contributed by atoms with van der Waals surface area (Å²) in [4.78, 5) is 0. The molecule has 6 heteroatoms. The molecule has 0 bridgehead atoms. The molecule has 0 spiro atoms. The van der Waals surface area contributed by atoms with Gasteiger partial charge in [0.15, 0.2) is 0 Å². The minimum Gasteiger partial charge on any atom is -0.370 e. The maximum Gasteiger partial charge on any atom is 0.275 e. The van der Waals surface area contributed by atoms with E-state index in [-0.39, 0.29) is 0 Å². The fraction of sp³-hybridized carbons (Fsp3) is 1.00. The molecule has 0 aliphatic rings. The second-order valence-corrected chi connectivity index (χ2v) is 1.07. The Bertz CT molecular complexity index is 63.3. The average Bonchev–Trinajstić information content (AvgIpc) is 1.63. The van der Waals surface area contributed by atoms with Gasteiger partial charge in [0.1, 0.15) is 6.79 Å². The highest BCUT2D eigenvalue weighted by atomic mass is 16.9. The average molecular weight is 140 g/mol. The summed E-state index contributed by atoms with van der Waals surface area (Å²) in [5, 5.41) is 32.1. The van der Waals surface area contributed by atoms with E-state index in [0.29, 0.717) is 0 Å². The molecule has 0 heterocycles. The molecule has 1 unspecified atom stereocenters. The molecule has 0 aromatic carbocycles. The van der Waals surface area contributed by atoms with Gasteiger partial charge in [-0.15, -0.1) is 0 Å². The first-order valence-corrected chi connectivity index (χ1v) is 2.09. The van der Waals surface area contributed by atoms with Gasteiger partial charge < -0.3 is 25.2 Å². The quantitative estimate of drug-likeness (QED) is 0.322. The monoisotopic (exact) mass is 140 g/mol. The van der Waals surface area contributed by atoms with Crippen LogP contribution in [0.5, 0.6) is 0 Å². The van der Waals surface area contributed by atoms with Crippen LogP contribution in [0, 0.1) is 0 Å². The van der Waals surface area contributed by atoms with Gasteiger partial charge in [-0.2, -0.15) is 0 Å². The molecule has 0 saturated heterocycles. The molecule has 0 rings (SSSR count). The molecule has 4 N–H and O–H groups in total. The Morgan fingerprint density at radius 3 is 2.11 bits per heavy atom. The van der Waals surface area contributed by atoms with E-state index in [0.717, 1.165) is 0 Å². The van der Waals surface area contributed by atoms with Crippen LogP contribution in [-0.2, 0) is 9.47 Å². The van der Waals surface area contributed by atoms with E-state index < -0.39 is 19.7 Å². The van der Waals surface area contributed by atoms with E-state index in [9.17, 15) is 0 Å². The highest BCUT2D eigenvalue weighted by Gasteiger charge is 2.06. The summed E-state index contributed by atoms with van der Waals surface area (Å²) in [7, 11) is 0. The summed E-state index contributed by atoms with van der Waals surface area (Å²) in [6.45, 7) is -4.67. The third-order valence-corrected chi connectivity index (χ3v) is 0.455. The van der Waals surface area contributed by atoms with Crippen molar-refractivity contribution >= 4 is 0 Å². The molecular weight excluding hydrogens is 132 g/mol. The molecule has 6 nitrogen and oxygen atoms in total. The van der Waals surface area contributed by atoms with Gasteiger partial charge in [0.25, 0.3) is 13.0 Å². The Hall–Kier alpha value is -0.240. The minimum absolute atomic E-state index is 0.756. The number of rotatable bonds is 4. The standard InChI is InChI=1S/C3H8O6/c4-1-8-3(7)9-2(5)6/h2-7H,1H2.